The molecule has 2 N–H and O–H groups in total. The molecule has 7 heteroatoms. The van der Waals surface area contributed by atoms with Crippen LogP contribution in [-0.2, 0) is 4.79 Å². The molecule has 0 saturated heterocycles. The number of benzene rings is 1. The summed E-state index contributed by atoms with van der Waals surface area (Å²) in [5, 5.41) is 13.2. The Morgan fingerprint density at radius 3 is 2.85 bits per heavy atom. The SMILES string of the molecule is O=C1COc2ccc(C(O)c3cc(Br)sc3Br)cc2N1. The number of amides is 1. The highest BCUT2D eigenvalue weighted by atomic mass is 79.9. The van der Waals surface area contributed by atoms with Crippen molar-refractivity contribution in [2.24, 2.45) is 0 Å². The fourth-order valence-corrected chi connectivity index (χ4v) is 4.87. The van der Waals surface area contributed by atoms with Crippen LogP contribution in [0, 0.1) is 0 Å². The van der Waals surface area contributed by atoms with Gasteiger partial charge in [0.05, 0.1) is 13.3 Å². The number of anilines is 1. The monoisotopic (exact) mass is 417 g/mol. The van der Waals surface area contributed by atoms with Crippen LogP contribution in [0.2, 0.25) is 0 Å². The summed E-state index contributed by atoms with van der Waals surface area (Å²) in [4.78, 5) is 11.3. The van der Waals surface area contributed by atoms with Gasteiger partial charge in [-0.15, -0.1) is 11.3 Å². The number of nitrogens with one attached hydrogen (secondary N) is 1. The maximum atomic E-state index is 11.3. The summed E-state index contributed by atoms with van der Waals surface area (Å²) >= 11 is 8.33. The molecule has 2 aromatic rings. The highest BCUT2D eigenvalue weighted by Crippen LogP contribution is 2.39. The van der Waals surface area contributed by atoms with E-state index in [0.29, 0.717) is 17.0 Å². The van der Waals surface area contributed by atoms with Crippen molar-refractivity contribution in [1.29, 1.82) is 0 Å². The van der Waals surface area contributed by atoms with Crippen molar-refractivity contribution in [3.63, 3.8) is 0 Å². The molecule has 1 aromatic carbocycles. The van der Waals surface area contributed by atoms with Crippen molar-refractivity contribution < 1.29 is 14.6 Å². The Morgan fingerprint density at radius 1 is 1.35 bits per heavy atom. The summed E-state index contributed by atoms with van der Waals surface area (Å²) < 4.78 is 7.10. The first-order chi connectivity index (χ1) is 9.54. The molecule has 1 unspecified atom stereocenters. The van der Waals surface area contributed by atoms with Crippen molar-refractivity contribution in [2.45, 2.75) is 6.10 Å². The Balaban J connectivity index is 1.96. The zero-order chi connectivity index (χ0) is 14.3. The minimum Gasteiger partial charge on any atom is -0.482 e. The zero-order valence-corrected chi connectivity index (χ0v) is 14.0. The molecule has 20 heavy (non-hydrogen) atoms. The number of hydrogen-bond donors (Lipinski definition) is 2. The lowest BCUT2D eigenvalue weighted by Gasteiger charge is -2.20. The molecule has 1 amide bonds. The Bertz CT molecular complexity index is 686. The van der Waals surface area contributed by atoms with E-state index in [1.165, 1.54) is 11.3 Å². The van der Waals surface area contributed by atoms with Gasteiger partial charge < -0.3 is 15.2 Å². The van der Waals surface area contributed by atoms with E-state index in [4.69, 9.17) is 4.74 Å². The van der Waals surface area contributed by atoms with E-state index >= 15 is 0 Å². The molecule has 0 spiro atoms. The summed E-state index contributed by atoms with van der Waals surface area (Å²) in [5.74, 6) is 0.426. The van der Waals surface area contributed by atoms with Gasteiger partial charge in [-0.05, 0) is 55.6 Å². The number of fused-ring (bicyclic) bond motifs is 1. The summed E-state index contributed by atoms with van der Waals surface area (Å²) in [6.07, 6.45) is -0.768. The Hall–Kier alpha value is -0.890. The van der Waals surface area contributed by atoms with E-state index in [1.807, 2.05) is 6.07 Å². The number of hydrogen-bond acceptors (Lipinski definition) is 4. The third kappa shape index (κ3) is 2.63. The van der Waals surface area contributed by atoms with Gasteiger partial charge in [-0.1, -0.05) is 6.07 Å². The molecule has 1 atom stereocenters. The van der Waals surface area contributed by atoms with Gasteiger partial charge in [-0.2, -0.15) is 0 Å². The van der Waals surface area contributed by atoms with E-state index in [2.05, 4.69) is 37.2 Å². The van der Waals surface area contributed by atoms with Crippen LogP contribution in [0.15, 0.2) is 31.8 Å². The third-order valence-corrected chi connectivity index (χ3v) is 5.32. The quantitative estimate of drug-likeness (QED) is 0.781. The van der Waals surface area contributed by atoms with Crippen molar-refractivity contribution in [2.75, 3.05) is 11.9 Å². The molecule has 1 aliphatic rings. The highest BCUT2D eigenvalue weighted by molar-refractivity contribution is 9.12. The number of aliphatic hydroxyl groups is 1. The molecule has 4 nitrogen and oxygen atoms in total. The van der Waals surface area contributed by atoms with Crippen LogP contribution in [0.25, 0.3) is 0 Å². The van der Waals surface area contributed by atoms with Crippen molar-refractivity contribution in [3.8, 4) is 5.75 Å². The topological polar surface area (TPSA) is 58.6 Å². The predicted octanol–water partition coefficient (Wildman–Crippen LogP) is 3.69. The van der Waals surface area contributed by atoms with Crippen LogP contribution in [-0.4, -0.2) is 17.6 Å². The summed E-state index contributed by atoms with van der Waals surface area (Å²) in [7, 11) is 0. The second-order valence-electron chi connectivity index (χ2n) is 4.27. The molecule has 1 aliphatic heterocycles. The first-order valence-electron chi connectivity index (χ1n) is 5.74. The van der Waals surface area contributed by atoms with E-state index in [1.54, 1.807) is 18.2 Å². The maximum absolute atomic E-state index is 11.3. The second-order valence-corrected chi connectivity index (χ2v) is 8.02. The van der Waals surface area contributed by atoms with Gasteiger partial charge in [0.2, 0.25) is 0 Å². The summed E-state index contributed by atoms with van der Waals surface area (Å²) in [5.41, 5.74) is 2.06. The molecule has 0 fully saturated rings. The molecule has 104 valence electrons. The van der Waals surface area contributed by atoms with E-state index < -0.39 is 6.10 Å². The second kappa shape index (κ2) is 5.48. The minimum atomic E-state index is -0.768. The van der Waals surface area contributed by atoms with Gasteiger partial charge >= 0.3 is 0 Å². The van der Waals surface area contributed by atoms with Crippen LogP contribution >= 0.6 is 43.2 Å². The number of aliphatic hydroxyl groups excluding tert-OH is 1. The molecular weight excluding hydrogens is 410 g/mol. The van der Waals surface area contributed by atoms with Crippen LogP contribution < -0.4 is 10.1 Å². The Labute approximate surface area is 136 Å². The molecule has 0 saturated carbocycles. The first kappa shape index (κ1) is 14.1. The van der Waals surface area contributed by atoms with Crippen LogP contribution in [0.1, 0.15) is 17.2 Å². The van der Waals surface area contributed by atoms with Crippen molar-refractivity contribution in [1.82, 2.24) is 0 Å². The molecular formula is C13H9Br2NO3S. The Kier molecular flexibility index (Phi) is 3.85. The van der Waals surface area contributed by atoms with Gasteiger partial charge in [0, 0.05) is 5.56 Å². The number of thiophene rings is 1. The zero-order valence-electron chi connectivity index (χ0n) is 10.0. The van der Waals surface area contributed by atoms with E-state index in [0.717, 1.165) is 13.1 Å². The van der Waals surface area contributed by atoms with Gasteiger partial charge in [0.1, 0.15) is 11.9 Å². The number of carbonyl (C=O) groups excluding carboxylic acids is 1. The van der Waals surface area contributed by atoms with Gasteiger partial charge in [-0.25, -0.2) is 0 Å². The van der Waals surface area contributed by atoms with Gasteiger partial charge in [0.25, 0.3) is 5.91 Å². The first-order valence-corrected chi connectivity index (χ1v) is 8.14. The third-order valence-electron chi connectivity index (χ3n) is 2.93. The van der Waals surface area contributed by atoms with E-state index in [9.17, 15) is 9.90 Å². The smallest absolute Gasteiger partial charge is 0.262 e. The minimum absolute atomic E-state index is 0.0257. The normalized spacial score (nSPS) is 15.2. The lowest BCUT2D eigenvalue weighted by Crippen LogP contribution is -2.25. The van der Waals surface area contributed by atoms with Crippen LogP contribution in [0.4, 0.5) is 5.69 Å². The fraction of sp³-hybridized carbons (Fsp3) is 0.154. The Morgan fingerprint density at radius 2 is 2.15 bits per heavy atom. The fourth-order valence-electron chi connectivity index (χ4n) is 1.99. The lowest BCUT2D eigenvalue weighted by molar-refractivity contribution is -0.118. The summed E-state index contributed by atoms with van der Waals surface area (Å²) in [6, 6.07) is 7.14. The average molecular weight is 419 g/mol. The largest absolute Gasteiger partial charge is 0.482 e. The average Bonchev–Trinajstić information content (AvgIpc) is 2.76. The van der Waals surface area contributed by atoms with Crippen LogP contribution in [0.3, 0.4) is 0 Å². The molecule has 1 aromatic heterocycles. The van der Waals surface area contributed by atoms with Gasteiger partial charge in [-0.3, -0.25) is 4.79 Å². The number of halogens is 2. The van der Waals surface area contributed by atoms with E-state index in [-0.39, 0.29) is 12.5 Å². The maximum Gasteiger partial charge on any atom is 0.262 e. The standard InChI is InChI=1S/C13H9Br2NO3S/c14-10-4-7(13(15)20-10)12(18)6-1-2-9-8(3-6)16-11(17)5-19-9/h1-4,12,18H,5H2,(H,16,17). The van der Waals surface area contributed by atoms with Crippen LogP contribution in [0.5, 0.6) is 5.75 Å². The summed E-state index contributed by atoms with van der Waals surface area (Å²) in [6.45, 7) is 0.0257. The number of carbonyl (C=O) groups is 1. The van der Waals surface area contributed by atoms with Gasteiger partial charge in [0.15, 0.2) is 6.61 Å². The number of rotatable bonds is 2. The van der Waals surface area contributed by atoms with Crippen molar-refractivity contribution >= 4 is 54.8 Å². The lowest BCUT2D eigenvalue weighted by atomic mass is 10.0. The predicted molar refractivity (Wildman–Crippen MR) is 84.3 cm³/mol. The number of ether oxygens (including phenoxy) is 1. The molecule has 0 radical (unpaired) electrons. The molecule has 0 aliphatic carbocycles. The molecule has 0 bridgehead atoms. The highest BCUT2D eigenvalue weighted by Gasteiger charge is 2.21. The molecule has 3 rings (SSSR count). The molecule has 2 heterocycles. The van der Waals surface area contributed by atoms with Crippen molar-refractivity contribution in [3.05, 3.63) is 43.0 Å².